The van der Waals surface area contributed by atoms with Crippen molar-refractivity contribution in [2.24, 2.45) is 0 Å². The van der Waals surface area contributed by atoms with Crippen LogP contribution < -0.4 is 15.8 Å². The Hall–Kier alpha value is -2.90. The first-order valence-corrected chi connectivity index (χ1v) is 12.1. The quantitative estimate of drug-likeness (QED) is 0.446. The van der Waals surface area contributed by atoms with E-state index in [2.05, 4.69) is 21.3 Å². The first-order valence-electron chi connectivity index (χ1n) is 11.3. The lowest BCUT2D eigenvalue weighted by molar-refractivity contribution is 0.104. The monoisotopic (exact) mass is 448 g/mol. The van der Waals surface area contributed by atoms with Gasteiger partial charge in [0.1, 0.15) is 23.1 Å². The zero-order valence-corrected chi connectivity index (χ0v) is 18.9. The van der Waals surface area contributed by atoms with Crippen LogP contribution in [0.4, 0.5) is 16.6 Å². The summed E-state index contributed by atoms with van der Waals surface area (Å²) in [6, 6.07) is 15.7. The summed E-state index contributed by atoms with van der Waals surface area (Å²) >= 11 is 1.29. The summed E-state index contributed by atoms with van der Waals surface area (Å²) in [4.78, 5) is 20.3. The molecule has 2 aromatic carbocycles. The van der Waals surface area contributed by atoms with E-state index in [1.165, 1.54) is 55.7 Å². The second kappa shape index (κ2) is 9.30. The number of nitrogens with two attached hydrogens (primary N) is 1. The van der Waals surface area contributed by atoms with Crippen LogP contribution in [0.25, 0.3) is 0 Å². The number of rotatable bonds is 9. The van der Waals surface area contributed by atoms with E-state index in [4.69, 9.17) is 10.5 Å². The molecule has 2 aliphatic rings. The van der Waals surface area contributed by atoms with Gasteiger partial charge in [-0.15, -0.1) is 0 Å². The highest BCUT2D eigenvalue weighted by Crippen LogP contribution is 2.40. The SMILES string of the molecule is Nc1nc(Nc2ccc(OCCN3CCCC3)cc2)sc1C(=O)c1cccc(C2CC2)c1. The van der Waals surface area contributed by atoms with Crippen molar-refractivity contribution in [3.63, 3.8) is 0 Å². The highest BCUT2D eigenvalue weighted by molar-refractivity contribution is 7.18. The number of aromatic nitrogens is 1. The maximum Gasteiger partial charge on any atom is 0.206 e. The van der Waals surface area contributed by atoms with Crippen molar-refractivity contribution in [1.29, 1.82) is 0 Å². The molecule has 0 unspecified atom stereocenters. The van der Waals surface area contributed by atoms with Crippen LogP contribution in [0.1, 0.15) is 52.4 Å². The summed E-state index contributed by atoms with van der Waals surface area (Å²) in [5, 5.41) is 3.85. The number of anilines is 3. The Bertz CT molecular complexity index is 1090. The lowest BCUT2D eigenvalue weighted by Gasteiger charge is -2.15. The number of nitrogens with zero attached hydrogens (tertiary/aromatic N) is 2. The molecular weight excluding hydrogens is 420 g/mol. The van der Waals surface area contributed by atoms with E-state index in [-0.39, 0.29) is 11.6 Å². The van der Waals surface area contributed by atoms with E-state index >= 15 is 0 Å². The molecule has 7 heteroatoms. The van der Waals surface area contributed by atoms with E-state index in [9.17, 15) is 4.79 Å². The molecule has 1 aliphatic heterocycles. The van der Waals surface area contributed by atoms with Crippen LogP contribution in [0.15, 0.2) is 48.5 Å². The molecule has 32 heavy (non-hydrogen) atoms. The average molecular weight is 449 g/mol. The molecule has 1 aliphatic carbocycles. The Morgan fingerprint density at radius 2 is 1.94 bits per heavy atom. The zero-order valence-electron chi connectivity index (χ0n) is 18.0. The largest absolute Gasteiger partial charge is 0.492 e. The number of hydrogen-bond donors (Lipinski definition) is 2. The lowest BCUT2D eigenvalue weighted by atomic mass is 10.0. The average Bonchev–Trinajstić information content (AvgIpc) is 3.42. The first kappa shape index (κ1) is 21.0. The lowest BCUT2D eigenvalue weighted by Crippen LogP contribution is -2.25. The van der Waals surface area contributed by atoms with Crippen LogP contribution in [-0.4, -0.2) is 41.9 Å². The zero-order chi connectivity index (χ0) is 21.9. The molecule has 6 nitrogen and oxygen atoms in total. The van der Waals surface area contributed by atoms with E-state index in [0.717, 1.165) is 18.0 Å². The summed E-state index contributed by atoms with van der Waals surface area (Å²) in [6.07, 6.45) is 5.00. The molecule has 5 rings (SSSR count). The molecule has 0 spiro atoms. The number of carbonyl (C=O) groups is 1. The molecule has 3 aromatic rings. The number of likely N-dealkylation sites (tertiary alicyclic amines) is 1. The fourth-order valence-electron chi connectivity index (χ4n) is 4.09. The molecule has 0 amide bonds. The number of nitrogen functional groups attached to an aromatic ring is 1. The second-order valence-electron chi connectivity index (χ2n) is 8.51. The van der Waals surface area contributed by atoms with Crippen molar-refractivity contribution >= 4 is 33.8 Å². The molecular formula is C25H28N4O2S. The predicted octanol–water partition coefficient (Wildman–Crippen LogP) is 5.05. The summed E-state index contributed by atoms with van der Waals surface area (Å²) in [5.41, 5.74) is 8.87. The maximum absolute atomic E-state index is 13.0. The number of carbonyl (C=O) groups excluding carboxylic acids is 1. The van der Waals surface area contributed by atoms with Gasteiger partial charge in [0, 0.05) is 17.8 Å². The Morgan fingerprint density at radius 3 is 2.69 bits per heavy atom. The van der Waals surface area contributed by atoms with Crippen LogP contribution in [-0.2, 0) is 0 Å². The minimum atomic E-state index is -0.0719. The number of hydrogen-bond acceptors (Lipinski definition) is 7. The molecule has 2 heterocycles. The summed E-state index contributed by atoms with van der Waals surface area (Å²) in [6.45, 7) is 4.03. The van der Waals surface area contributed by atoms with Crippen LogP contribution in [0.2, 0.25) is 0 Å². The fourth-order valence-corrected chi connectivity index (χ4v) is 4.95. The molecule has 3 N–H and O–H groups in total. The molecule has 0 radical (unpaired) electrons. The molecule has 166 valence electrons. The van der Waals surface area contributed by atoms with Gasteiger partial charge >= 0.3 is 0 Å². The van der Waals surface area contributed by atoms with Crippen LogP contribution >= 0.6 is 11.3 Å². The Balaban J connectivity index is 1.20. The number of benzene rings is 2. The van der Waals surface area contributed by atoms with E-state index in [1.54, 1.807) is 0 Å². The van der Waals surface area contributed by atoms with Crippen molar-refractivity contribution in [3.05, 3.63) is 64.5 Å². The normalized spacial score (nSPS) is 16.2. The van der Waals surface area contributed by atoms with Gasteiger partial charge < -0.3 is 15.8 Å². The van der Waals surface area contributed by atoms with Gasteiger partial charge in [-0.05, 0) is 80.6 Å². The van der Waals surface area contributed by atoms with Crippen molar-refractivity contribution in [3.8, 4) is 5.75 Å². The molecule has 0 bridgehead atoms. The number of ether oxygens (including phenoxy) is 1. The number of nitrogens with one attached hydrogen (secondary N) is 1. The topological polar surface area (TPSA) is 80.5 Å². The van der Waals surface area contributed by atoms with Gasteiger partial charge in [0.25, 0.3) is 0 Å². The van der Waals surface area contributed by atoms with Gasteiger partial charge in [-0.3, -0.25) is 9.69 Å². The highest BCUT2D eigenvalue weighted by atomic mass is 32.1. The van der Waals surface area contributed by atoms with Gasteiger partial charge in [0.15, 0.2) is 5.13 Å². The van der Waals surface area contributed by atoms with Gasteiger partial charge in [-0.1, -0.05) is 29.5 Å². The van der Waals surface area contributed by atoms with Crippen molar-refractivity contribution < 1.29 is 9.53 Å². The fraction of sp³-hybridized carbons (Fsp3) is 0.360. The summed E-state index contributed by atoms with van der Waals surface area (Å²) < 4.78 is 5.86. The third kappa shape index (κ3) is 4.95. The van der Waals surface area contributed by atoms with Gasteiger partial charge in [-0.2, -0.15) is 0 Å². The standard InChI is InChI=1S/C25H28N4O2S/c26-24-23(22(30)19-5-3-4-18(16-19)17-6-7-17)32-25(28-24)27-20-8-10-21(11-9-20)31-15-14-29-12-1-2-13-29/h3-5,8-11,16-17H,1-2,6-7,12-15,26H2,(H,27,28). The van der Waals surface area contributed by atoms with Crippen LogP contribution in [0.3, 0.4) is 0 Å². The third-order valence-electron chi connectivity index (χ3n) is 6.04. The minimum absolute atomic E-state index is 0.0719. The Labute approximate surface area is 192 Å². The molecule has 1 saturated heterocycles. The van der Waals surface area contributed by atoms with Crippen molar-refractivity contribution in [1.82, 2.24) is 9.88 Å². The van der Waals surface area contributed by atoms with Crippen molar-refractivity contribution in [2.75, 3.05) is 37.3 Å². The van der Waals surface area contributed by atoms with E-state index in [1.807, 2.05) is 42.5 Å². The molecule has 1 aromatic heterocycles. The van der Waals surface area contributed by atoms with E-state index < -0.39 is 0 Å². The molecule has 2 fully saturated rings. The van der Waals surface area contributed by atoms with Gasteiger partial charge in [0.2, 0.25) is 5.78 Å². The second-order valence-corrected chi connectivity index (χ2v) is 9.51. The third-order valence-corrected chi connectivity index (χ3v) is 7.02. The maximum atomic E-state index is 13.0. The number of ketones is 1. The Kier molecular flexibility index (Phi) is 6.10. The van der Waals surface area contributed by atoms with Crippen LogP contribution in [0, 0.1) is 0 Å². The van der Waals surface area contributed by atoms with Gasteiger partial charge in [0.05, 0.1) is 0 Å². The summed E-state index contributed by atoms with van der Waals surface area (Å²) in [5.74, 6) is 1.64. The van der Waals surface area contributed by atoms with Crippen LogP contribution in [0.5, 0.6) is 5.75 Å². The first-order chi connectivity index (χ1) is 15.7. The Morgan fingerprint density at radius 1 is 1.16 bits per heavy atom. The van der Waals surface area contributed by atoms with Crippen molar-refractivity contribution in [2.45, 2.75) is 31.6 Å². The minimum Gasteiger partial charge on any atom is -0.492 e. The molecule has 0 atom stereocenters. The predicted molar refractivity (Wildman–Crippen MR) is 129 cm³/mol. The molecule has 1 saturated carbocycles. The highest BCUT2D eigenvalue weighted by Gasteiger charge is 2.25. The number of thiazole rings is 1. The smallest absolute Gasteiger partial charge is 0.206 e. The van der Waals surface area contributed by atoms with E-state index in [0.29, 0.717) is 28.1 Å². The van der Waals surface area contributed by atoms with Gasteiger partial charge in [-0.25, -0.2) is 4.98 Å². The summed E-state index contributed by atoms with van der Waals surface area (Å²) in [7, 11) is 0.